The van der Waals surface area contributed by atoms with Gasteiger partial charge in [-0.1, -0.05) is 0 Å². The summed E-state index contributed by atoms with van der Waals surface area (Å²) in [5.41, 5.74) is 0. The van der Waals surface area contributed by atoms with Gasteiger partial charge in [0.1, 0.15) is 0 Å². The number of ether oxygens (including phenoxy) is 1. The van der Waals surface area contributed by atoms with Crippen LogP contribution in [0.25, 0.3) is 0 Å². The fourth-order valence-electron chi connectivity index (χ4n) is 1.10. The lowest BCUT2D eigenvalue weighted by Gasteiger charge is -2.03. The molecule has 0 aromatic rings. The Morgan fingerprint density at radius 1 is 1.15 bits per heavy atom. The van der Waals surface area contributed by atoms with Crippen molar-refractivity contribution in [3.05, 3.63) is 0 Å². The lowest BCUT2D eigenvalue weighted by Crippen LogP contribution is -2.16. The molecule has 0 amide bonds. The first kappa shape index (κ1) is 12.5. The van der Waals surface area contributed by atoms with Crippen LogP contribution in [0.4, 0.5) is 0 Å². The summed E-state index contributed by atoms with van der Waals surface area (Å²) in [4.78, 5) is 0. The predicted octanol–water partition coefficient (Wildman–Crippen LogP) is 1.81. The van der Waals surface area contributed by atoms with Crippen LogP contribution in [0.2, 0.25) is 0 Å². The molecule has 0 aliphatic carbocycles. The van der Waals surface area contributed by atoms with Gasteiger partial charge >= 0.3 is 0 Å². The van der Waals surface area contributed by atoms with Gasteiger partial charge in [0, 0.05) is 20.1 Å². The summed E-state index contributed by atoms with van der Waals surface area (Å²) in [5.74, 6) is 2.64. The van der Waals surface area contributed by atoms with Gasteiger partial charge in [0.25, 0.3) is 0 Å². The van der Waals surface area contributed by atoms with Crippen molar-refractivity contribution < 1.29 is 4.74 Å². The van der Waals surface area contributed by atoms with Gasteiger partial charge in [0.15, 0.2) is 0 Å². The second kappa shape index (κ2) is 11.5. The van der Waals surface area contributed by atoms with Gasteiger partial charge in [-0.3, -0.25) is 0 Å². The Hall–Kier alpha value is -0.520. The Balaban J connectivity index is 2.80. The molecule has 13 heavy (non-hydrogen) atoms. The third-order valence-corrected chi connectivity index (χ3v) is 1.88. The van der Waals surface area contributed by atoms with Crippen molar-refractivity contribution in [1.29, 1.82) is 0 Å². The Kier molecular flexibility index (Phi) is 11.0. The van der Waals surface area contributed by atoms with Gasteiger partial charge in [-0.2, -0.15) is 0 Å². The minimum Gasteiger partial charge on any atom is -0.385 e. The van der Waals surface area contributed by atoms with Crippen LogP contribution < -0.4 is 5.32 Å². The number of hydrogen-bond acceptors (Lipinski definition) is 2. The lowest BCUT2D eigenvalue weighted by molar-refractivity contribution is 0.192. The SMILES string of the molecule is C#CCCCCNCCCCOC. The number of hydrogen-bond donors (Lipinski definition) is 1. The van der Waals surface area contributed by atoms with E-state index in [1.807, 2.05) is 0 Å². The number of terminal acetylenes is 1. The highest BCUT2D eigenvalue weighted by molar-refractivity contribution is 4.82. The Labute approximate surface area is 82.1 Å². The van der Waals surface area contributed by atoms with Crippen molar-refractivity contribution in [2.75, 3.05) is 26.8 Å². The zero-order valence-electron chi connectivity index (χ0n) is 8.64. The third-order valence-electron chi connectivity index (χ3n) is 1.88. The number of methoxy groups -OCH3 is 1. The molecular weight excluding hydrogens is 162 g/mol. The zero-order valence-corrected chi connectivity index (χ0v) is 8.64. The molecule has 1 N–H and O–H groups in total. The molecule has 0 aromatic heterocycles. The fraction of sp³-hybridized carbons (Fsp3) is 0.818. The van der Waals surface area contributed by atoms with Crippen molar-refractivity contribution >= 4 is 0 Å². The molecule has 0 unspecified atom stereocenters. The second-order valence-corrected chi connectivity index (χ2v) is 3.11. The highest BCUT2D eigenvalue weighted by atomic mass is 16.5. The van der Waals surface area contributed by atoms with E-state index in [0.29, 0.717) is 0 Å². The van der Waals surface area contributed by atoms with E-state index in [0.717, 1.165) is 39.0 Å². The van der Waals surface area contributed by atoms with E-state index in [1.54, 1.807) is 7.11 Å². The summed E-state index contributed by atoms with van der Waals surface area (Å²) >= 11 is 0. The fourth-order valence-corrected chi connectivity index (χ4v) is 1.10. The van der Waals surface area contributed by atoms with Crippen LogP contribution in [-0.2, 0) is 4.74 Å². The summed E-state index contributed by atoms with van der Waals surface area (Å²) < 4.78 is 4.95. The van der Waals surface area contributed by atoms with Crippen molar-refractivity contribution in [2.24, 2.45) is 0 Å². The molecule has 0 radical (unpaired) electrons. The largest absolute Gasteiger partial charge is 0.385 e. The van der Waals surface area contributed by atoms with E-state index in [2.05, 4.69) is 11.2 Å². The maximum absolute atomic E-state index is 5.14. The Morgan fingerprint density at radius 3 is 2.46 bits per heavy atom. The Bertz CT molecular complexity index is 129. The molecule has 0 saturated heterocycles. The van der Waals surface area contributed by atoms with Crippen molar-refractivity contribution in [3.8, 4) is 12.3 Å². The second-order valence-electron chi connectivity index (χ2n) is 3.11. The van der Waals surface area contributed by atoms with Crippen LogP contribution >= 0.6 is 0 Å². The molecule has 0 heterocycles. The van der Waals surface area contributed by atoms with Crippen molar-refractivity contribution in [2.45, 2.75) is 32.1 Å². The van der Waals surface area contributed by atoms with Crippen molar-refractivity contribution in [3.63, 3.8) is 0 Å². The molecule has 0 rings (SSSR count). The van der Waals surface area contributed by atoms with E-state index < -0.39 is 0 Å². The van der Waals surface area contributed by atoms with Crippen molar-refractivity contribution in [1.82, 2.24) is 5.32 Å². The summed E-state index contributed by atoms with van der Waals surface area (Å²) in [6.45, 7) is 3.06. The molecule has 0 aliphatic heterocycles. The summed E-state index contributed by atoms with van der Waals surface area (Å²) in [6, 6.07) is 0. The first-order chi connectivity index (χ1) is 6.41. The molecule has 0 aliphatic rings. The molecule has 0 atom stereocenters. The maximum atomic E-state index is 5.14. The summed E-state index contributed by atoms with van der Waals surface area (Å²) in [6.07, 6.45) is 10.7. The smallest absolute Gasteiger partial charge is 0.0462 e. The third kappa shape index (κ3) is 11.5. The quantitative estimate of drug-likeness (QED) is 0.435. The molecule has 2 heteroatoms. The van der Waals surface area contributed by atoms with E-state index in [-0.39, 0.29) is 0 Å². The minimum absolute atomic E-state index is 0.874. The molecule has 0 saturated carbocycles. The zero-order chi connectivity index (χ0) is 9.78. The molecule has 0 spiro atoms. The molecule has 0 bridgehead atoms. The lowest BCUT2D eigenvalue weighted by atomic mass is 10.2. The Morgan fingerprint density at radius 2 is 1.85 bits per heavy atom. The van der Waals surface area contributed by atoms with Gasteiger partial charge < -0.3 is 10.1 Å². The maximum Gasteiger partial charge on any atom is 0.0462 e. The van der Waals surface area contributed by atoms with Gasteiger partial charge in [0.05, 0.1) is 0 Å². The summed E-state index contributed by atoms with van der Waals surface area (Å²) in [7, 11) is 1.74. The average Bonchev–Trinajstić information content (AvgIpc) is 2.16. The molecule has 2 nitrogen and oxygen atoms in total. The van der Waals surface area contributed by atoms with Gasteiger partial charge in [0.2, 0.25) is 0 Å². The normalized spacial score (nSPS) is 9.85. The number of nitrogens with one attached hydrogen (secondary N) is 1. The summed E-state index contributed by atoms with van der Waals surface area (Å²) in [5, 5.41) is 3.38. The number of unbranched alkanes of at least 4 members (excludes halogenated alkanes) is 3. The molecular formula is C11H21NO. The van der Waals surface area contributed by atoms with Crippen LogP contribution in [0.5, 0.6) is 0 Å². The van der Waals surface area contributed by atoms with E-state index >= 15 is 0 Å². The molecule has 76 valence electrons. The van der Waals surface area contributed by atoms with Crippen LogP contribution in [-0.4, -0.2) is 26.8 Å². The molecule has 0 aromatic carbocycles. The first-order valence-electron chi connectivity index (χ1n) is 5.05. The van der Waals surface area contributed by atoms with E-state index in [1.165, 1.54) is 12.8 Å². The van der Waals surface area contributed by atoms with Crippen LogP contribution in [0.3, 0.4) is 0 Å². The first-order valence-corrected chi connectivity index (χ1v) is 5.05. The highest BCUT2D eigenvalue weighted by Gasteiger charge is 1.88. The van der Waals surface area contributed by atoms with Gasteiger partial charge in [-0.25, -0.2) is 0 Å². The van der Waals surface area contributed by atoms with Gasteiger partial charge in [-0.05, 0) is 38.8 Å². The minimum atomic E-state index is 0.874. The van der Waals surface area contributed by atoms with Crippen LogP contribution in [0, 0.1) is 12.3 Å². The predicted molar refractivity (Wildman–Crippen MR) is 56.7 cm³/mol. The monoisotopic (exact) mass is 183 g/mol. The topological polar surface area (TPSA) is 21.3 Å². The van der Waals surface area contributed by atoms with Gasteiger partial charge in [-0.15, -0.1) is 12.3 Å². The van der Waals surface area contributed by atoms with Crippen LogP contribution in [0.15, 0.2) is 0 Å². The standard InChI is InChI=1S/C11H21NO/c1-3-4-5-6-9-12-10-7-8-11-13-2/h1,12H,4-11H2,2H3. The average molecular weight is 183 g/mol. The number of rotatable bonds is 9. The highest BCUT2D eigenvalue weighted by Crippen LogP contribution is 1.92. The molecule has 0 fully saturated rings. The van der Waals surface area contributed by atoms with E-state index in [9.17, 15) is 0 Å². The van der Waals surface area contributed by atoms with E-state index in [4.69, 9.17) is 11.2 Å². The van der Waals surface area contributed by atoms with Crippen LogP contribution in [0.1, 0.15) is 32.1 Å².